The van der Waals surface area contributed by atoms with E-state index in [-0.39, 0.29) is 18.1 Å². The van der Waals surface area contributed by atoms with Gasteiger partial charge in [-0.05, 0) is 30.9 Å². The van der Waals surface area contributed by atoms with Crippen molar-refractivity contribution in [3.05, 3.63) is 47.3 Å². The monoisotopic (exact) mass is 292 g/mol. The second-order valence-corrected chi connectivity index (χ2v) is 5.20. The first-order valence-electron chi connectivity index (χ1n) is 6.13. The van der Waals surface area contributed by atoms with Crippen molar-refractivity contribution in [1.29, 1.82) is 0 Å². The molecule has 0 aliphatic carbocycles. The van der Waals surface area contributed by atoms with Gasteiger partial charge in [-0.2, -0.15) is 0 Å². The normalized spacial score (nSPS) is 12.2. The number of hydrogen-bond acceptors (Lipinski definition) is 5. The summed E-state index contributed by atoms with van der Waals surface area (Å²) in [6.07, 6.45) is 1.24. The summed E-state index contributed by atoms with van der Waals surface area (Å²) in [6.45, 7) is 1.84. The van der Waals surface area contributed by atoms with Gasteiger partial charge in [0.05, 0.1) is 6.10 Å². The molecule has 6 heteroatoms. The van der Waals surface area contributed by atoms with Gasteiger partial charge in [-0.25, -0.2) is 0 Å². The summed E-state index contributed by atoms with van der Waals surface area (Å²) >= 11 is 1.64. The van der Waals surface area contributed by atoms with E-state index in [1.54, 1.807) is 24.8 Å². The van der Waals surface area contributed by atoms with Gasteiger partial charge in [0, 0.05) is 17.5 Å². The van der Waals surface area contributed by atoms with Crippen molar-refractivity contribution >= 4 is 17.7 Å². The molecule has 2 aromatic rings. The number of rotatable bonds is 5. The third-order valence-electron chi connectivity index (χ3n) is 2.82. The first-order chi connectivity index (χ1) is 9.60. The summed E-state index contributed by atoms with van der Waals surface area (Å²) in [4.78, 5) is 12.9. The Morgan fingerprint density at radius 2 is 2.15 bits per heavy atom. The van der Waals surface area contributed by atoms with Crippen molar-refractivity contribution in [2.75, 3.05) is 12.8 Å². The molecule has 5 nitrogen and oxygen atoms in total. The topological polar surface area (TPSA) is 75.4 Å². The van der Waals surface area contributed by atoms with Crippen LogP contribution in [-0.4, -0.2) is 29.0 Å². The van der Waals surface area contributed by atoms with E-state index in [1.807, 2.05) is 30.5 Å². The number of carbonyl (C=O) groups excluding carboxylic acids is 1. The van der Waals surface area contributed by atoms with Gasteiger partial charge in [0.15, 0.2) is 5.69 Å². The minimum atomic E-state index is -0.747. The van der Waals surface area contributed by atoms with Crippen LogP contribution in [0.1, 0.15) is 27.9 Å². The summed E-state index contributed by atoms with van der Waals surface area (Å²) in [5.74, 6) is 0.213. The highest BCUT2D eigenvalue weighted by atomic mass is 32.2. The Balaban J connectivity index is 1.91. The van der Waals surface area contributed by atoms with E-state index in [2.05, 4.69) is 10.5 Å². The zero-order chi connectivity index (χ0) is 14.5. The lowest BCUT2D eigenvalue weighted by atomic mass is 10.1. The highest BCUT2D eigenvalue weighted by Gasteiger charge is 2.13. The molecule has 0 aliphatic heterocycles. The number of aryl methyl sites for hydroxylation is 1. The van der Waals surface area contributed by atoms with Crippen LogP contribution in [0, 0.1) is 6.92 Å². The molecule has 2 rings (SSSR count). The summed E-state index contributed by atoms with van der Waals surface area (Å²) in [7, 11) is 0. The molecule has 1 aromatic carbocycles. The van der Waals surface area contributed by atoms with E-state index in [9.17, 15) is 9.90 Å². The molecule has 20 heavy (non-hydrogen) atoms. The van der Waals surface area contributed by atoms with E-state index in [4.69, 9.17) is 4.52 Å². The first-order valence-corrected chi connectivity index (χ1v) is 7.36. The number of aromatic nitrogens is 1. The Kier molecular flexibility index (Phi) is 4.81. The molecule has 1 aromatic heterocycles. The number of amides is 1. The molecular formula is C14H16N2O3S. The second kappa shape index (κ2) is 6.58. The minimum absolute atomic E-state index is 0.128. The fourth-order valence-electron chi connectivity index (χ4n) is 1.70. The Morgan fingerprint density at radius 3 is 2.70 bits per heavy atom. The number of aliphatic hydroxyl groups excluding tert-OH is 1. The van der Waals surface area contributed by atoms with E-state index in [0.717, 1.165) is 10.5 Å². The molecule has 1 heterocycles. The van der Waals surface area contributed by atoms with Crippen LogP contribution in [0.3, 0.4) is 0 Å². The highest BCUT2D eigenvalue weighted by Crippen LogP contribution is 2.18. The lowest BCUT2D eigenvalue weighted by molar-refractivity contribution is 0.0907. The van der Waals surface area contributed by atoms with Gasteiger partial charge in [-0.3, -0.25) is 4.79 Å². The van der Waals surface area contributed by atoms with Crippen molar-refractivity contribution in [2.45, 2.75) is 17.9 Å². The molecule has 0 fully saturated rings. The molecular weight excluding hydrogens is 276 g/mol. The summed E-state index contributed by atoms with van der Waals surface area (Å²) in [5.41, 5.74) is 0.979. The number of nitrogens with one attached hydrogen (secondary N) is 1. The maximum absolute atomic E-state index is 11.7. The van der Waals surface area contributed by atoms with Crippen LogP contribution in [0.5, 0.6) is 0 Å². The van der Waals surface area contributed by atoms with Crippen LogP contribution < -0.4 is 5.32 Å². The molecule has 0 saturated heterocycles. The lowest BCUT2D eigenvalue weighted by Crippen LogP contribution is -2.28. The zero-order valence-electron chi connectivity index (χ0n) is 11.3. The molecule has 106 valence electrons. The molecule has 1 atom stereocenters. The quantitative estimate of drug-likeness (QED) is 0.826. The van der Waals surface area contributed by atoms with Crippen LogP contribution in [0.25, 0.3) is 0 Å². The standard InChI is InChI=1S/C14H16N2O3S/c1-9-7-12(16-19-9)14(18)15-8-13(17)10-3-5-11(20-2)6-4-10/h3-7,13,17H,8H2,1-2H3,(H,15,18). The molecule has 0 saturated carbocycles. The first kappa shape index (κ1) is 14.6. The van der Waals surface area contributed by atoms with Crippen molar-refractivity contribution in [1.82, 2.24) is 10.5 Å². The van der Waals surface area contributed by atoms with Gasteiger partial charge in [0.1, 0.15) is 5.76 Å². The summed E-state index contributed by atoms with van der Waals surface area (Å²) in [5, 5.41) is 16.3. The highest BCUT2D eigenvalue weighted by molar-refractivity contribution is 7.98. The Morgan fingerprint density at radius 1 is 1.45 bits per heavy atom. The fraction of sp³-hybridized carbons (Fsp3) is 0.286. The van der Waals surface area contributed by atoms with Crippen LogP contribution >= 0.6 is 11.8 Å². The molecule has 2 N–H and O–H groups in total. The van der Waals surface area contributed by atoms with Gasteiger partial charge in [0.2, 0.25) is 0 Å². The zero-order valence-corrected chi connectivity index (χ0v) is 12.1. The van der Waals surface area contributed by atoms with Crippen LogP contribution in [-0.2, 0) is 0 Å². The van der Waals surface area contributed by atoms with E-state index >= 15 is 0 Å². The number of nitrogens with zero attached hydrogens (tertiary/aromatic N) is 1. The Labute approximate surface area is 121 Å². The van der Waals surface area contributed by atoms with Gasteiger partial charge in [-0.1, -0.05) is 17.3 Å². The smallest absolute Gasteiger partial charge is 0.273 e. The predicted molar refractivity (Wildman–Crippen MR) is 76.8 cm³/mol. The van der Waals surface area contributed by atoms with Crippen molar-refractivity contribution in [3.8, 4) is 0 Å². The van der Waals surface area contributed by atoms with E-state index in [0.29, 0.717) is 5.76 Å². The van der Waals surface area contributed by atoms with Gasteiger partial charge in [0.25, 0.3) is 5.91 Å². The average molecular weight is 292 g/mol. The maximum Gasteiger partial charge on any atom is 0.273 e. The third-order valence-corrected chi connectivity index (χ3v) is 3.56. The van der Waals surface area contributed by atoms with Crippen LogP contribution in [0.4, 0.5) is 0 Å². The molecule has 0 aliphatic rings. The summed E-state index contributed by atoms with van der Waals surface area (Å²) in [6, 6.07) is 9.12. The SMILES string of the molecule is CSc1ccc(C(O)CNC(=O)c2cc(C)on2)cc1. The van der Waals surface area contributed by atoms with Gasteiger partial charge in [-0.15, -0.1) is 11.8 Å². The maximum atomic E-state index is 11.7. The van der Waals surface area contributed by atoms with Crippen LogP contribution in [0.2, 0.25) is 0 Å². The van der Waals surface area contributed by atoms with Gasteiger partial charge >= 0.3 is 0 Å². The van der Waals surface area contributed by atoms with Crippen molar-refractivity contribution < 1.29 is 14.4 Å². The molecule has 1 unspecified atom stereocenters. The van der Waals surface area contributed by atoms with Crippen molar-refractivity contribution in [3.63, 3.8) is 0 Å². The average Bonchev–Trinajstić information content (AvgIpc) is 2.91. The molecule has 0 spiro atoms. The molecule has 1 amide bonds. The Hall–Kier alpha value is -1.79. The van der Waals surface area contributed by atoms with Crippen molar-refractivity contribution in [2.24, 2.45) is 0 Å². The fourth-order valence-corrected chi connectivity index (χ4v) is 2.11. The molecule has 0 radical (unpaired) electrons. The number of carbonyl (C=O) groups is 1. The third kappa shape index (κ3) is 3.61. The Bertz CT molecular complexity index is 580. The van der Waals surface area contributed by atoms with E-state index < -0.39 is 6.10 Å². The van der Waals surface area contributed by atoms with E-state index in [1.165, 1.54) is 0 Å². The second-order valence-electron chi connectivity index (χ2n) is 4.32. The number of thioether (sulfide) groups is 1. The minimum Gasteiger partial charge on any atom is -0.387 e. The predicted octanol–water partition coefficient (Wildman–Crippen LogP) is 2.17. The lowest BCUT2D eigenvalue weighted by Gasteiger charge is -2.12. The largest absolute Gasteiger partial charge is 0.387 e. The number of aliphatic hydroxyl groups is 1. The molecule has 0 bridgehead atoms. The number of benzene rings is 1. The van der Waals surface area contributed by atoms with Gasteiger partial charge < -0.3 is 14.9 Å². The summed E-state index contributed by atoms with van der Waals surface area (Å²) < 4.78 is 4.83. The number of hydrogen-bond donors (Lipinski definition) is 2. The van der Waals surface area contributed by atoms with Crippen LogP contribution in [0.15, 0.2) is 39.8 Å².